The van der Waals surface area contributed by atoms with Crippen LogP contribution in [-0.4, -0.2) is 48.2 Å². The van der Waals surface area contributed by atoms with E-state index in [-0.39, 0.29) is 6.61 Å². The molecule has 0 aliphatic heterocycles. The Bertz CT molecular complexity index is 441. The first-order valence-electron chi connectivity index (χ1n) is 6.07. The summed E-state index contributed by atoms with van der Waals surface area (Å²) in [6.45, 7) is 1.06. The van der Waals surface area contributed by atoms with Crippen molar-refractivity contribution in [2.24, 2.45) is 0 Å². The molecule has 7 heteroatoms. The molecule has 0 aliphatic carbocycles. The third-order valence-corrected chi connectivity index (χ3v) is 2.32. The van der Waals surface area contributed by atoms with Gasteiger partial charge in [-0.05, 0) is 31.2 Å². The highest BCUT2D eigenvalue weighted by molar-refractivity contribution is 5.91. The molecular weight excluding hydrogens is 266 g/mol. The monoisotopic (exact) mass is 283 g/mol. The van der Waals surface area contributed by atoms with E-state index in [1.807, 2.05) is 0 Å². The van der Waals surface area contributed by atoms with E-state index < -0.39 is 31.4 Å². The average molecular weight is 283 g/mol. The molecule has 0 radical (unpaired) electrons. The molecule has 0 heterocycles. The lowest BCUT2D eigenvalue weighted by Crippen LogP contribution is -2.28. The molecular formula is C13H17NO6. The largest absolute Gasteiger partial charge is 0.462 e. The number of nitrogens with one attached hydrogen (secondary N) is 1. The van der Waals surface area contributed by atoms with Crippen LogP contribution in [0.1, 0.15) is 17.3 Å². The number of ether oxygens (including phenoxy) is 2. The zero-order chi connectivity index (χ0) is 15.0. The number of aliphatic hydroxyl groups is 2. The zero-order valence-corrected chi connectivity index (χ0v) is 11.0. The van der Waals surface area contributed by atoms with E-state index in [0.29, 0.717) is 11.3 Å². The van der Waals surface area contributed by atoms with Crippen molar-refractivity contribution in [3.05, 3.63) is 29.8 Å². The van der Waals surface area contributed by atoms with E-state index in [4.69, 9.17) is 19.7 Å². The Morgan fingerprint density at radius 1 is 1.20 bits per heavy atom. The summed E-state index contributed by atoms with van der Waals surface area (Å²) in [7, 11) is 0. The maximum atomic E-state index is 11.4. The number of carbonyl (C=O) groups excluding carboxylic acids is 2. The highest BCUT2D eigenvalue weighted by Crippen LogP contribution is 2.11. The molecule has 0 unspecified atom stereocenters. The van der Waals surface area contributed by atoms with Gasteiger partial charge in [-0.3, -0.25) is 5.32 Å². The quantitative estimate of drug-likeness (QED) is 0.666. The van der Waals surface area contributed by atoms with Crippen molar-refractivity contribution in [3.63, 3.8) is 0 Å². The number of esters is 1. The van der Waals surface area contributed by atoms with Gasteiger partial charge in [0.2, 0.25) is 0 Å². The normalized spacial score (nSPS) is 10.2. The van der Waals surface area contributed by atoms with E-state index in [1.165, 1.54) is 24.3 Å². The van der Waals surface area contributed by atoms with Crippen molar-refractivity contribution in [1.82, 2.24) is 0 Å². The van der Waals surface area contributed by atoms with Crippen LogP contribution in [0.2, 0.25) is 0 Å². The predicted molar refractivity (Wildman–Crippen MR) is 70.5 cm³/mol. The second-order valence-electron chi connectivity index (χ2n) is 3.82. The van der Waals surface area contributed by atoms with E-state index in [9.17, 15) is 9.59 Å². The average Bonchev–Trinajstić information content (AvgIpc) is 2.45. The third kappa shape index (κ3) is 4.87. The standard InChI is InChI=1S/C13H17NO6/c1-2-19-12(17)9-3-5-10(6-4-9)14-13(18)20-11(7-15)8-16/h3-6,11,15-16H,2,7-8H2,1H3,(H,14,18). The van der Waals surface area contributed by atoms with Gasteiger partial charge in [-0.2, -0.15) is 0 Å². The molecule has 20 heavy (non-hydrogen) atoms. The maximum absolute atomic E-state index is 11.4. The Labute approximate surface area is 116 Å². The van der Waals surface area contributed by atoms with Crippen LogP contribution < -0.4 is 5.32 Å². The molecule has 0 spiro atoms. The van der Waals surface area contributed by atoms with Crippen molar-refractivity contribution in [1.29, 1.82) is 0 Å². The summed E-state index contributed by atoms with van der Waals surface area (Å²) < 4.78 is 9.55. The summed E-state index contributed by atoms with van der Waals surface area (Å²) in [6.07, 6.45) is -1.77. The molecule has 0 saturated carbocycles. The van der Waals surface area contributed by atoms with Gasteiger partial charge in [-0.15, -0.1) is 0 Å². The molecule has 1 amide bonds. The lowest BCUT2D eigenvalue weighted by Gasteiger charge is -2.13. The van der Waals surface area contributed by atoms with Crippen molar-refractivity contribution in [3.8, 4) is 0 Å². The maximum Gasteiger partial charge on any atom is 0.412 e. The van der Waals surface area contributed by atoms with Crippen LogP contribution >= 0.6 is 0 Å². The molecule has 1 aromatic carbocycles. The molecule has 0 saturated heterocycles. The van der Waals surface area contributed by atoms with Gasteiger partial charge in [0, 0.05) is 5.69 Å². The van der Waals surface area contributed by atoms with Gasteiger partial charge < -0.3 is 19.7 Å². The molecule has 0 aromatic heterocycles. The molecule has 0 fully saturated rings. The summed E-state index contributed by atoms with van der Waals surface area (Å²) in [5.41, 5.74) is 0.784. The summed E-state index contributed by atoms with van der Waals surface area (Å²) in [5.74, 6) is -0.442. The molecule has 0 bridgehead atoms. The zero-order valence-electron chi connectivity index (χ0n) is 11.0. The highest BCUT2D eigenvalue weighted by atomic mass is 16.6. The van der Waals surface area contributed by atoms with Gasteiger partial charge in [0.05, 0.1) is 25.4 Å². The fourth-order valence-electron chi connectivity index (χ4n) is 1.34. The first-order chi connectivity index (χ1) is 9.60. The lowest BCUT2D eigenvalue weighted by molar-refractivity contribution is 0.0289. The number of anilines is 1. The molecule has 1 aromatic rings. The molecule has 7 nitrogen and oxygen atoms in total. The number of benzene rings is 1. The summed E-state index contributed by atoms with van der Waals surface area (Å²) >= 11 is 0. The number of rotatable bonds is 6. The number of hydrogen-bond donors (Lipinski definition) is 3. The van der Waals surface area contributed by atoms with E-state index in [2.05, 4.69) is 5.32 Å². The van der Waals surface area contributed by atoms with Crippen LogP contribution in [0.3, 0.4) is 0 Å². The number of hydrogen-bond acceptors (Lipinski definition) is 6. The first kappa shape index (κ1) is 15.9. The van der Waals surface area contributed by atoms with Crippen molar-refractivity contribution in [2.45, 2.75) is 13.0 Å². The van der Waals surface area contributed by atoms with Crippen molar-refractivity contribution in [2.75, 3.05) is 25.1 Å². The molecule has 0 atom stereocenters. The summed E-state index contributed by atoms with van der Waals surface area (Å²) in [5, 5.41) is 19.9. The van der Waals surface area contributed by atoms with Gasteiger partial charge in [0.1, 0.15) is 6.10 Å². The predicted octanol–water partition coefficient (Wildman–Crippen LogP) is 0.765. The first-order valence-corrected chi connectivity index (χ1v) is 6.07. The second-order valence-corrected chi connectivity index (χ2v) is 3.82. The Balaban J connectivity index is 2.57. The van der Waals surface area contributed by atoms with E-state index >= 15 is 0 Å². The van der Waals surface area contributed by atoms with Gasteiger partial charge in [-0.25, -0.2) is 9.59 Å². The van der Waals surface area contributed by atoms with Crippen LogP contribution in [0, 0.1) is 0 Å². The molecule has 0 aliphatic rings. The van der Waals surface area contributed by atoms with Gasteiger partial charge in [0.25, 0.3) is 0 Å². The number of aliphatic hydroxyl groups excluding tert-OH is 2. The Hall–Kier alpha value is -2.12. The minimum Gasteiger partial charge on any atom is -0.462 e. The summed E-state index contributed by atoms with van der Waals surface area (Å²) in [6, 6.07) is 6.03. The molecule has 3 N–H and O–H groups in total. The Morgan fingerprint density at radius 3 is 2.30 bits per heavy atom. The fraction of sp³-hybridized carbons (Fsp3) is 0.385. The number of carbonyl (C=O) groups is 2. The topological polar surface area (TPSA) is 105 Å². The molecule has 1 rings (SSSR count). The highest BCUT2D eigenvalue weighted by Gasteiger charge is 2.12. The Kier molecular flexibility index (Phi) is 6.48. The molecule has 110 valence electrons. The smallest absolute Gasteiger partial charge is 0.412 e. The van der Waals surface area contributed by atoms with E-state index in [1.54, 1.807) is 6.92 Å². The third-order valence-electron chi connectivity index (χ3n) is 2.32. The van der Waals surface area contributed by atoms with Crippen LogP contribution in [0.5, 0.6) is 0 Å². The number of amides is 1. The van der Waals surface area contributed by atoms with Gasteiger partial charge in [-0.1, -0.05) is 0 Å². The van der Waals surface area contributed by atoms with Crippen LogP contribution in [0.15, 0.2) is 24.3 Å². The minimum absolute atomic E-state index is 0.287. The van der Waals surface area contributed by atoms with Crippen molar-refractivity contribution < 1.29 is 29.3 Å². The Morgan fingerprint density at radius 2 is 1.80 bits per heavy atom. The lowest BCUT2D eigenvalue weighted by atomic mass is 10.2. The fourth-order valence-corrected chi connectivity index (χ4v) is 1.34. The van der Waals surface area contributed by atoms with E-state index in [0.717, 1.165) is 0 Å². The minimum atomic E-state index is -0.964. The summed E-state index contributed by atoms with van der Waals surface area (Å²) in [4.78, 5) is 22.8. The SMILES string of the molecule is CCOC(=O)c1ccc(NC(=O)OC(CO)CO)cc1. The van der Waals surface area contributed by atoms with Crippen LogP contribution in [0.25, 0.3) is 0 Å². The van der Waals surface area contributed by atoms with Crippen molar-refractivity contribution >= 4 is 17.7 Å². The van der Waals surface area contributed by atoms with Crippen LogP contribution in [-0.2, 0) is 9.47 Å². The van der Waals surface area contributed by atoms with Crippen LogP contribution in [0.4, 0.5) is 10.5 Å². The van der Waals surface area contributed by atoms with Gasteiger partial charge >= 0.3 is 12.1 Å². The van der Waals surface area contributed by atoms with Gasteiger partial charge in [0.15, 0.2) is 0 Å². The second kappa shape index (κ2) is 8.13.